The molecule has 0 aromatic heterocycles. The van der Waals surface area contributed by atoms with E-state index in [4.69, 9.17) is 0 Å². The molecule has 0 aliphatic carbocycles. The number of hydrogen-bond acceptors (Lipinski definition) is 2. The van der Waals surface area contributed by atoms with Gasteiger partial charge in [0, 0.05) is 10.5 Å². The maximum absolute atomic E-state index is 3.46. The van der Waals surface area contributed by atoms with E-state index in [-0.39, 0.29) is 0 Å². The van der Waals surface area contributed by atoms with Crippen molar-refractivity contribution in [1.82, 2.24) is 10.2 Å². The molecule has 0 aliphatic rings. The van der Waals surface area contributed by atoms with Crippen LogP contribution in [0.1, 0.15) is 12.0 Å². The molecule has 1 rings (SSSR count). The van der Waals surface area contributed by atoms with Gasteiger partial charge in [0.2, 0.25) is 0 Å². The topological polar surface area (TPSA) is 15.3 Å². The molecule has 2 nitrogen and oxygen atoms in total. The van der Waals surface area contributed by atoms with Crippen LogP contribution in [0.25, 0.3) is 0 Å². The first-order valence-corrected chi connectivity index (χ1v) is 6.47. The summed E-state index contributed by atoms with van der Waals surface area (Å²) in [5.74, 6) is 0. The van der Waals surface area contributed by atoms with E-state index in [1.165, 1.54) is 12.0 Å². The summed E-state index contributed by atoms with van der Waals surface area (Å²) in [6, 6.07) is 9.14. The molecule has 3 heteroatoms. The second-order valence-electron chi connectivity index (χ2n) is 4.41. The molecule has 1 aromatic rings. The highest BCUT2D eigenvalue weighted by Crippen LogP contribution is 2.12. The molecule has 0 bridgehead atoms. The Morgan fingerprint density at radius 2 is 1.88 bits per heavy atom. The van der Waals surface area contributed by atoms with Crippen molar-refractivity contribution in [3.63, 3.8) is 0 Å². The van der Waals surface area contributed by atoms with Gasteiger partial charge in [-0.2, -0.15) is 0 Å². The number of rotatable bonds is 6. The standard InChI is InChI=1S/C13H21BrN2/c1-15-13(8-9-16(2)3)10-11-4-6-12(14)7-5-11/h4-7,13,15H,8-10H2,1-3H3. The van der Waals surface area contributed by atoms with Crippen LogP contribution < -0.4 is 5.32 Å². The first-order valence-electron chi connectivity index (χ1n) is 5.68. The van der Waals surface area contributed by atoms with E-state index >= 15 is 0 Å². The van der Waals surface area contributed by atoms with E-state index in [1.807, 2.05) is 7.05 Å². The number of hydrogen-bond donors (Lipinski definition) is 1. The lowest BCUT2D eigenvalue weighted by Gasteiger charge is -2.18. The van der Waals surface area contributed by atoms with Gasteiger partial charge in [0.25, 0.3) is 0 Å². The van der Waals surface area contributed by atoms with Crippen LogP contribution in [0.15, 0.2) is 28.7 Å². The molecule has 0 aliphatic heterocycles. The largest absolute Gasteiger partial charge is 0.317 e. The average Bonchev–Trinajstić information content (AvgIpc) is 2.26. The molecule has 0 amide bonds. The van der Waals surface area contributed by atoms with Crippen LogP contribution in [-0.2, 0) is 6.42 Å². The van der Waals surface area contributed by atoms with Crippen LogP contribution in [-0.4, -0.2) is 38.6 Å². The molecular formula is C13H21BrN2. The van der Waals surface area contributed by atoms with Gasteiger partial charge in [0.15, 0.2) is 0 Å². The summed E-state index contributed by atoms with van der Waals surface area (Å²) in [5.41, 5.74) is 1.39. The molecule has 0 fully saturated rings. The Labute approximate surface area is 107 Å². The minimum Gasteiger partial charge on any atom is -0.317 e. The van der Waals surface area contributed by atoms with E-state index in [0.29, 0.717) is 6.04 Å². The zero-order valence-corrected chi connectivity index (χ0v) is 11.9. The zero-order chi connectivity index (χ0) is 12.0. The van der Waals surface area contributed by atoms with Crippen molar-refractivity contribution < 1.29 is 0 Å². The minimum absolute atomic E-state index is 0.559. The summed E-state index contributed by atoms with van der Waals surface area (Å²) >= 11 is 3.46. The van der Waals surface area contributed by atoms with E-state index in [2.05, 4.69) is 64.5 Å². The summed E-state index contributed by atoms with van der Waals surface area (Å²) in [4.78, 5) is 2.23. The first kappa shape index (κ1) is 13.7. The van der Waals surface area contributed by atoms with Crippen molar-refractivity contribution in [2.45, 2.75) is 18.9 Å². The van der Waals surface area contributed by atoms with Crippen molar-refractivity contribution in [3.8, 4) is 0 Å². The van der Waals surface area contributed by atoms with Crippen LogP contribution in [0.3, 0.4) is 0 Å². The van der Waals surface area contributed by atoms with E-state index in [9.17, 15) is 0 Å². The fourth-order valence-corrected chi connectivity index (χ4v) is 1.93. The van der Waals surface area contributed by atoms with Crippen molar-refractivity contribution >= 4 is 15.9 Å². The normalized spacial score (nSPS) is 13.1. The molecule has 90 valence electrons. The Morgan fingerprint density at radius 3 is 2.38 bits per heavy atom. The van der Waals surface area contributed by atoms with Gasteiger partial charge < -0.3 is 10.2 Å². The molecule has 0 radical (unpaired) electrons. The zero-order valence-electron chi connectivity index (χ0n) is 10.3. The summed E-state index contributed by atoms with van der Waals surface area (Å²) < 4.78 is 1.14. The number of benzene rings is 1. The van der Waals surface area contributed by atoms with Crippen molar-refractivity contribution in [2.24, 2.45) is 0 Å². The molecule has 0 spiro atoms. The quantitative estimate of drug-likeness (QED) is 0.864. The molecule has 1 unspecified atom stereocenters. The van der Waals surface area contributed by atoms with Crippen molar-refractivity contribution in [1.29, 1.82) is 0 Å². The van der Waals surface area contributed by atoms with Crippen LogP contribution >= 0.6 is 15.9 Å². The average molecular weight is 285 g/mol. The van der Waals surface area contributed by atoms with E-state index in [0.717, 1.165) is 17.4 Å². The summed E-state index contributed by atoms with van der Waals surface area (Å²) in [7, 11) is 6.28. The fraction of sp³-hybridized carbons (Fsp3) is 0.538. The van der Waals surface area contributed by atoms with Gasteiger partial charge in [-0.3, -0.25) is 0 Å². The summed E-state index contributed by atoms with van der Waals surface area (Å²) in [5, 5.41) is 3.38. The third-order valence-electron chi connectivity index (χ3n) is 2.73. The van der Waals surface area contributed by atoms with Crippen LogP contribution in [0.4, 0.5) is 0 Å². The second kappa shape index (κ2) is 7.05. The number of nitrogens with zero attached hydrogens (tertiary/aromatic N) is 1. The highest BCUT2D eigenvalue weighted by atomic mass is 79.9. The van der Waals surface area contributed by atoms with Gasteiger partial charge in [0.1, 0.15) is 0 Å². The lowest BCUT2D eigenvalue weighted by Crippen LogP contribution is -2.31. The van der Waals surface area contributed by atoms with Gasteiger partial charge in [-0.1, -0.05) is 28.1 Å². The lowest BCUT2D eigenvalue weighted by molar-refractivity contribution is 0.364. The minimum atomic E-state index is 0.559. The van der Waals surface area contributed by atoms with Gasteiger partial charge in [0.05, 0.1) is 0 Å². The second-order valence-corrected chi connectivity index (χ2v) is 5.32. The van der Waals surface area contributed by atoms with Gasteiger partial charge in [-0.15, -0.1) is 0 Å². The van der Waals surface area contributed by atoms with Crippen LogP contribution in [0, 0.1) is 0 Å². The van der Waals surface area contributed by atoms with E-state index in [1.54, 1.807) is 0 Å². The molecule has 1 aromatic carbocycles. The Bertz CT molecular complexity index is 295. The summed E-state index contributed by atoms with van der Waals surface area (Å²) in [6.45, 7) is 1.13. The SMILES string of the molecule is CNC(CCN(C)C)Cc1ccc(Br)cc1. The third kappa shape index (κ3) is 5.10. The maximum atomic E-state index is 3.46. The fourth-order valence-electron chi connectivity index (χ4n) is 1.67. The van der Waals surface area contributed by atoms with E-state index < -0.39 is 0 Å². The van der Waals surface area contributed by atoms with Gasteiger partial charge in [-0.25, -0.2) is 0 Å². The molecule has 0 saturated heterocycles. The maximum Gasteiger partial charge on any atom is 0.0175 e. The predicted octanol–water partition coefficient (Wildman–Crippen LogP) is 2.53. The number of nitrogens with one attached hydrogen (secondary N) is 1. The van der Waals surface area contributed by atoms with Gasteiger partial charge in [-0.05, 0) is 58.2 Å². The lowest BCUT2D eigenvalue weighted by atomic mass is 10.0. The third-order valence-corrected chi connectivity index (χ3v) is 3.26. The highest BCUT2D eigenvalue weighted by Gasteiger charge is 2.07. The molecule has 1 atom stereocenters. The van der Waals surface area contributed by atoms with Crippen molar-refractivity contribution in [2.75, 3.05) is 27.7 Å². The molecular weight excluding hydrogens is 264 g/mol. The number of halogens is 1. The number of likely N-dealkylation sites (N-methyl/N-ethyl adjacent to an activating group) is 1. The Kier molecular flexibility index (Phi) is 6.03. The molecule has 0 heterocycles. The molecule has 16 heavy (non-hydrogen) atoms. The first-order chi connectivity index (χ1) is 7.61. The predicted molar refractivity (Wildman–Crippen MR) is 73.9 cm³/mol. The van der Waals surface area contributed by atoms with Crippen LogP contribution in [0.2, 0.25) is 0 Å². The smallest absolute Gasteiger partial charge is 0.0175 e. The summed E-state index contributed by atoms with van der Waals surface area (Å²) in [6.07, 6.45) is 2.27. The van der Waals surface area contributed by atoms with Gasteiger partial charge >= 0.3 is 0 Å². The molecule has 0 saturated carbocycles. The van der Waals surface area contributed by atoms with Crippen molar-refractivity contribution in [3.05, 3.63) is 34.3 Å². The Morgan fingerprint density at radius 1 is 1.25 bits per heavy atom. The highest BCUT2D eigenvalue weighted by molar-refractivity contribution is 9.10. The Hall–Kier alpha value is -0.380. The molecule has 1 N–H and O–H groups in total. The Balaban J connectivity index is 2.46. The van der Waals surface area contributed by atoms with Crippen LogP contribution in [0.5, 0.6) is 0 Å². The monoisotopic (exact) mass is 284 g/mol.